The Morgan fingerprint density at radius 3 is 2.56 bits per heavy atom. The van der Waals surface area contributed by atoms with Gasteiger partial charge < -0.3 is 11.1 Å². The van der Waals surface area contributed by atoms with Gasteiger partial charge >= 0.3 is 0 Å². The van der Waals surface area contributed by atoms with E-state index in [1.165, 1.54) is 18.4 Å². The van der Waals surface area contributed by atoms with Gasteiger partial charge in [0.15, 0.2) is 0 Å². The third kappa shape index (κ3) is 3.56. The molecule has 1 aromatic carbocycles. The van der Waals surface area contributed by atoms with E-state index >= 15 is 0 Å². The zero-order valence-electron chi connectivity index (χ0n) is 10.6. The summed E-state index contributed by atoms with van der Waals surface area (Å²) >= 11 is 0. The average molecular weight is 269 g/mol. The van der Waals surface area contributed by atoms with Gasteiger partial charge in [-0.15, -0.1) is 0 Å². The second kappa shape index (κ2) is 6.53. The Kier molecular flexibility index (Phi) is 5.33. The van der Waals surface area contributed by atoms with Crippen molar-refractivity contribution in [3.8, 4) is 0 Å². The SMILES string of the molecule is CN(C)S(=O)(=O)c1ccccc1NC/C=C/CN. The minimum absolute atomic E-state index is 0.274. The molecule has 0 aliphatic carbocycles. The number of benzene rings is 1. The van der Waals surface area contributed by atoms with Gasteiger partial charge in [-0.05, 0) is 12.1 Å². The standard InChI is InChI=1S/C12H19N3O2S/c1-15(2)18(16,17)12-8-4-3-7-11(12)14-10-6-5-9-13/h3-8,14H,9-10,13H2,1-2H3/b6-5+. The Hall–Kier alpha value is -1.37. The molecule has 18 heavy (non-hydrogen) atoms. The fourth-order valence-electron chi connectivity index (χ4n) is 1.38. The van der Waals surface area contributed by atoms with E-state index in [9.17, 15) is 8.42 Å². The first-order valence-electron chi connectivity index (χ1n) is 5.60. The van der Waals surface area contributed by atoms with E-state index in [0.717, 1.165) is 0 Å². The lowest BCUT2D eigenvalue weighted by Crippen LogP contribution is -2.23. The van der Waals surface area contributed by atoms with Crippen molar-refractivity contribution in [3.05, 3.63) is 36.4 Å². The van der Waals surface area contributed by atoms with Crippen LogP contribution in [0, 0.1) is 0 Å². The van der Waals surface area contributed by atoms with Gasteiger partial charge in [-0.1, -0.05) is 24.3 Å². The van der Waals surface area contributed by atoms with Crippen LogP contribution >= 0.6 is 0 Å². The first kappa shape index (κ1) is 14.7. The summed E-state index contributed by atoms with van der Waals surface area (Å²) in [7, 11) is -0.400. The molecular weight excluding hydrogens is 250 g/mol. The molecule has 3 N–H and O–H groups in total. The summed E-state index contributed by atoms with van der Waals surface area (Å²) < 4.78 is 25.4. The van der Waals surface area contributed by atoms with Crippen LogP contribution < -0.4 is 11.1 Å². The fourth-order valence-corrected chi connectivity index (χ4v) is 2.44. The molecule has 0 heterocycles. The highest BCUT2D eigenvalue weighted by atomic mass is 32.2. The molecule has 0 aliphatic heterocycles. The molecule has 0 saturated carbocycles. The Labute approximate surface area is 108 Å². The molecule has 0 bridgehead atoms. The zero-order chi connectivity index (χ0) is 13.6. The van der Waals surface area contributed by atoms with Gasteiger partial charge in [-0.25, -0.2) is 12.7 Å². The highest BCUT2D eigenvalue weighted by Crippen LogP contribution is 2.22. The number of anilines is 1. The number of nitrogens with one attached hydrogen (secondary N) is 1. The summed E-state index contributed by atoms with van der Waals surface area (Å²) in [5, 5.41) is 3.06. The van der Waals surface area contributed by atoms with Gasteiger partial charge in [0.1, 0.15) is 4.90 Å². The molecule has 100 valence electrons. The topological polar surface area (TPSA) is 75.4 Å². The molecule has 0 aliphatic rings. The van der Waals surface area contributed by atoms with E-state index in [-0.39, 0.29) is 4.90 Å². The fraction of sp³-hybridized carbons (Fsp3) is 0.333. The van der Waals surface area contributed by atoms with Crippen LogP contribution in [0.3, 0.4) is 0 Å². The summed E-state index contributed by atoms with van der Waals surface area (Å²) in [6.45, 7) is 1.01. The van der Waals surface area contributed by atoms with Crippen LogP contribution in [0.1, 0.15) is 0 Å². The van der Waals surface area contributed by atoms with Gasteiger partial charge in [0, 0.05) is 27.2 Å². The van der Waals surface area contributed by atoms with Crippen LogP contribution in [0.25, 0.3) is 0 Å². The Balaban J connectivity index is 2.97. The maximum absolute atomic E-state index is 12.1. The zero-order valence-corrected chi connectivity index (χ0v) is 11.4. The van der Waals surface area contributed by atoms with Crippen molar-refractivity contribution in [1.29, 1.82) is 0 Å². The molecular formula is C12H19N3O2S. The van der Waals surface area contributed by atoms with Crippen LogP contribution in [0.5, 0.6) is 0 Å². The number of hydrogen-bond acceptors (Lipinski definition) is 4. The lowest BCUT2D eigenvalue weighted by atomic mass is 10.3. The number of para-hydroxylation sites is 1. The van der Waals surface area contributed by atoms with Crippen molar-refractivity contribution in [2.75, 3.05) is 32.5 Å². The highest BCUT2D eigenvalue weighted by Gasteiger charge is 2.20. The van der Waals surface area contributed by atoms with Gasteiger partial charge in [0.05, 0.1) is 5.69 Å². The van der Waals surface area contributed by atoms with E-state index in [0.29, 0.717) is 18.8 Å². The third-order valence-corrected chi connectivity index (χ3v) is 4.23. The maximum Gasteiger partial charge on any atom is 0.244 e. The first-order valence-corrected chi connectivity index (χ1v) is 7.04. The summed E-state index contributed by atoms with van der Waals surface area (Å²) in [6.07, 6.45) is 3.68. The molecule has 0 spiro atoms. The summed E-state index contributed by atoms with van der Waals surface area (Å²) in [4.78, 5) is 0.274. The Morgan fingerprint density at radius 2 is 1.94 bits per heavy atom. The predicted octanol–water partition coefficient (Wildman–Crippen LogP) is 0.864. The monoisotopic (exact) mass is 269 g/mol. The van der Waals surface area contributed by atoms with Crippen LogP contribution in [-0.4, -0.2) is 39.9 Å². The van der Waals surface area contributed by atoms with Crippen LogP contribution in [0.15, 0.2) is 41.3 Å². The lowest BCUT2D eigenvalue weighted by Gasteiger charge is -2.15. The first-order chi connectivity index (χ1) is 8.50. The van der Waals surface area contributed by atoms with Gasteiger partial charge in [0.2, 0.25) is 10.0 Å². The predicted molar refractivity (Wildman–Crippen MR) is 74.0 cm³/mol. The number of hydrogen-bond donors (Lipinski definition) is 2. The lowest BCUT2D eigenvalue weighted by molar-refractivity contribution is 0.521. The van der Waals surface area contributed by atoms with E-state index in [2.05, 4.69) is 5.32 Å². The van der Waals surface area contributed by atoms with Gasteiger partial charge in [-0.3, -0.25) is 0 Å². The van der Waals surface area contributed by atoms with Crippen molar-refractivity contribution in [2.24, 2.45) is 5.73 Å². The van der Waals surface area contributed by atoms with Crippen LogP contribution in [-0.2, 0) is 10.0 Å². The van der Waals surface area contributed by atoms with E-state index < -0.39 is 10.0 Å². The molecule has 0 unspecified atom stereocenters. The number of nitrogens with two attached hydrogens (primary N) is 1. The van der Waals surface area contributed by atoms with Crippen molar-refractivity contribution in [2.45, 2.75) is 4.90 Å². The van der Waals surface area contributed by atoms with Gasteiger partial charge in [0.25, 0.3) is 0 Å². The van der Waals surface area contributed by atoms with E-state index in [1.807, 2.05) is 12.2 Å². The molecule has 0 saturated heterocycles. The highest BCUT2D eigenvalue weighted by molar-refractivity contribution is 7.89. The van der Waals surface area contributed by atoms with Crippen molar-refractivity contribution in [3.63, 3.8) is 0 Å². The molecule has 6 heteroatoms. The summed E-state index contributed by atoms with van der Waals surface area (Å²) in [6, 6.07) is 6.83. The van der Waals surface area contributed by atoms with E-state index in [4.69, 9.17) is 5.73 Å². The quantitative estimate of drug-likeness (QED) is 0.751. The van der Waals surface area contributed by atoms with Crippen molar-refractivity contribution < 1.29 is 8.42 Å². The molecule has 5 nitrogen and oxygen atoms in total. The van der Waals surface area contributed by atoms with E-state index in [1.54, 1.807) is 24.3 Å². The second-order valence-corrected chi connectivity index (χ2v) is 5.99. The number of nitrogens with zero attached hydrogens (tertiary/aromatic N) is 1. The summed E-state index contributed by atoms with van der Waals surface area (Å²) in [5.74, 6) is 0. The van der Waals surface area contributed by atoms with Crippen molar-refractivity contribution >= 4 is 15.7 Å². The Bertz CT molecular complexity index is 510. The summed E-state index contributed by atoms with van der Waals surface area (Å²) in [5.41, 5.74) is 5.92. The van der Waals surface area contributed by atoms with Crippen LogP contribution in [0.2, 0.25) is 0 Å². The number of rotatable bonds is 6. The normalized spacial score (nSPS) is 12.2. The molecule has 0 atom stereocenters. The number of sulfonamides is 1. The minimum Gasteiger partial charge on any atom is -0.380 e. The largest absolute Gasteiger partial charge is 0.380 e. The molecule has 0 aromatic heterocycles. The minimum atomic E-state index is -3.43. The molecule has 1 aromatic rings. The molecule has 0 radical (unpaired) electrons. The second-order valence-electron chi connectivity index (χ2n) is 3.87. The average Bonchev–Trinajstić information content (AvgIpc) is 2.35. The maximum atomic E-state index is 12.1. The van der Waals surface area contributed by atoms with Gasteiger partial charge in [-0.2, -0.15) is 0 Å². The van der Waals surface area contributed by atoms with Crippen molar-refractivity contribution in [1.82, 2.24) is 4.31 Å². The third-order valence-electron chi connectivity index (χ3n) is 2.36. The van der Waals surface area contributed by atoms with Crippen LogP contribution in [0.4, 0.5) is 5.69 Å². The molecule has 0 fully saturated rings. The Morgan fingerprint density at radius 1 is 1.28 bits per heavy atom. The molecule has 0 amide bonds. The molecule has 1 rings (SSSR count). The smallest absolute Gasteiger partial charge is 0.244 e.